The summed E-state index contributed by atoms with van der Waals surface area (Å²) in [4.78, 5) is 0. The van der Waals surface area contributed by atoms with E-state index in [1.807, 2.05) is 36.4 Å². The highest BCUT2D eigenvalue weighted by molar-refractivity contribution is 5.58. The van der Waals surface area contributed by atoms with Gasteiger partial charge in [0, 0.05) is 35.5 Å². The zero-order chi connectivity index (χ0) is 29.2. The van der Waals surface area contributed by atoms with Gasteiger partial charge in [0.1, 0.15) is 30.5 Å². The first kappa shape index (κ1) is 30.8. The predicted molar refractivity (Wildman–Crippen MR) is 162 cm³/mol. The minimum atomic E-state index is -0.536. The van der Waals surface area contributed by atoms with Crippen LogP contribution in [0.4, 0.5) is 0 Å². The summed E-state index contributed by atoms with van der Waals surface area (Å²) in [7, 11) is 8.36. The summed E-state index contributed by atoms with van der Waals surface area (Å²) in [6.45, 7) is 0. The molecular formula is C35H42O6. The van der Waals surface area contributed by atoms with Gasteiger partial charge in [-0.15, -0.1) is 0 Å². The van der Waals surface area contributed by atoms with Crippen LogP contribution in [-0.4, -0.2) is 52.9 Å². The van der Waals surface area contributed by atoms with Gasteiger partial charge in [-0.2, -0.15) is 0 Å². The Hall–Kier alpha value is -3.10. The van der Waals surface area contributed by atoms with Gasteiger partial charge in [-0.05, 0) is 46.2 Å². The first-order valence-electron chi connectivity index (χ1n) is 14.0. The molecule has 4 aliphatic rings. The number of hydrogen-bond acceptors (Lipinski definition) is 6. The third kappa shape index (κ3) is 7.22. The Bertz CT molecular complexity index is 1270. The highest BCUT2D eigenvalue weighted by atomic mass is 16.5. The molecule has 6 nitrogen and oxygen atoms in total. The van der Waals surface area contributed by atoms with Crippen LogP contribution in [0, 0.1) is 0 Å². The van der Waals surface area contributed by atoms with Crippen molar-refractivity contribution < 1.29 is 28.8 Å². The molecule has 2 heterocycles. The molecule has 0 amide bonds. The average Bonchev–Trinajstić information content (AvgIpc) is 3.65. The first-order chi connectivity index (χ1) is 20.1. The van der Waals surface area contributed by atoms with Crippen molar-refractivity contribution in [1.82, 2.24) is 0 Å². The molecule has 6 heteroatoms. The Morgan fingerprint density at radius 1 is 0.659 bits per heavy atom. The number of hydrogen-bond donors (Lipinski definition) is 1. The van der Waals surface area contributed by atoms with Crippen LogP contribution < -0.4 is 0 Å². The van der Waals surface area contributed by atoms with Crippen LogP contribution in [0.2, 0.25) is 0 Å². The number of fused-ring (bicyclic) bond motifs is 7. The quantitative estimate of drug-likeness (QED) is 0.360. The van der Waals surface area contributed by atoms with Crippen LogP contribution in [0.15, 0.2) is 91.0 Å². The lowest BCUT2D eigenvalue weighted by Gasteiger charge is -2.31. The lowest BCUT2D eigenvalue weighted by molar-refractivity contribution is -0.0469. The minimum absolute atomic E-state index is 0.102. The van der Waals surface area contributed by atoms with E-state index < -0.39 is 6.10 Å². The van der Waals surface area contributed by atoms with Crippen molar-refractivity contribution in [3.63, 3.8) is 0 Å². The van der Waals surface area contributed by atoms with Gasteiger partial charge in [0.25, 0.3) is 0 Å². The lowest BCUT2D eigenvalue weighted by Crippen LogP contribution is -2.28. The van der Waals surface area contributed by atoms with Crippen LogP contribution >= 0.6 is 0 Å². The van der Waals surface area contributed by atoms with E-state index in [0.717, 1.165) is 24.0 Å². The molecule has 7 rings (SSSR count). The fraction of sp³-hybridized carbons (Fsp3) is 0.371. The van der Waals surface area contributed by atoms with Crippen molar-refractivity contribution in [2.45, 2.75) is 49.5 Å². The van der Waals surface area contributed by atoms with Gasteiger partial charge in [0.2, 0.25) is 0 Å². The van der Waals surface area contributed by atoms with Crippen molar-refractivity contribution in [2.24, 2.45) is 0 Å². The molecule has 0 radical (unpaired) electrons. The highest BCUT2D eigenvalue weighted by Gasteiger charge is 2.32. The number of aliphatic hydroxyl groups is 1. The molecule has 6 atom stereocenters. The Kier molecular flexibility index (Phi) is 11.5. The van der Waals surface area contributed by atoms with E-state index >= 15 is 0 Å². The smallest absolute Gasteiger partial charge is 0.109 e. The SMILES string of the molecule is C1=CC2OC1c1ccccc12.COC.CO[C@@H]1C=Cc2ccccc2[C@H]1O.CO[C@@H]1c2ccccc2CC[C@H]1OC. The largest absolute Gasteiger partial charge is 0.388 e. The van der Waals surface area contributed by atoms with Crippen LogP contribution in [0.3, 0.4) is 0 Å². The van der Waals surface area contributed by atoms with Crippen LogP contribution in [0.1, 0.15) is 64.2 Å². The highest BCUT2D eigenvalue weighted by Crippen LogP contribution is 2.45. The molecule has 2 unspecified atom stereocenters. The van der Waals surface area contributed by atoms with E-state index in [-0.39, 0.29) is 30.5 Å². The predicted octanol–water partition coefficient (Wildman–Crippen LogP) is 6.73. The van der Waals surface area contributed by atoms with Gasteiger partial charge in [0.15, 0.2) is 0 Å². The van der Waals surface area contributed by atoms with E-state index in [1.54, 1.807) is 35.5 Å². The summed E-state index contributed by atoms with van der Waals surface area (Å²) in [5.74, 6) is 0. The van der Waals surface area contributed by atoms with E-state index in [0.29, 0.717) is 0 Å². The molecule has 1 N–H and O–H groups in total. The number of ether oxygens (including phenoxy) is 5. The normalized spacial score (nSPS) is 25.7. The summed E-state index contributed by atoms with van der Waals surface area (Å²) < 4.78 is 25.9. The van der Waals surface area contributed by atoms with Gasteiger partial charge in [0.05, 0.1) is 6.10 Å². The Morgan fingerprint density at radius 3 is 1.80 bits per heavy atom. The molecule has 218 valence electrons. The van der Waals surface area contributed by atoms with Crippen molar-refractivity contribution in [3.8, 4) is 0 Å². The summed E-state index contributed by atoms with van der Waals surface area (Å²) in [6.07, 6.45) is 10.3. The zero-order valence-corrected chi connectivity index (χ0v) is 24.6. The molecule has 3 aromatic carbocycles. The van der Waals surface area contributed by atoms with Crippen LogP contribution in [-0.2, 0) is 30.1 Å². The van der Waals surface area contributed by atoms with Crippen LogP contribution in [0.25, 0.3) is 6.08 Å². The fourth-order valence-electron chi connectivity index (χ4n) is 5.66. The Balaban J connectivity index is 0.000000136. The van der Waals surface area contributed by atoms with E-state index in [1.165, 1.54) is 22.3 Å². The van der Waals surface area contributed by atoms with Gasteiger partial charge in [-0.25, -0.2) is 0 Å². The topological polar surface area (TPSA) is 66.4 Å². The lowest BCUT2D eigenvalue weighted by atomic mass is 9.87. The number of methoxy groups -OCH3 is 4. The Morgan fingerprint density at radius 2 is 1.22 bits per heavy atom. The summed E-state index contributed by atoms with van der Waals surface area (Å²) >= 11 is 0. The summed E-state index contributed by atoms with van der Waals surface area (Å²) in [5.41, 5.74) is 7.39. The number of aryl methyl sites for hydroxylation is 1. The van der Waals surface area contributed by atoms with E-state index in [2.05, 4.69) is 65.4 Å². The maximum Gasteiger partial charge on any atom is 0.109 e. The van der Waals surface area contributed by atoms with Crippen molar-refractivity contribution in [3.05, 3.63) is 124 Å². The second-order valence-corrected chi connectivity index (χ2v) is 10.2. The molecule has 41 heavy (non-hydrogen) atoms. The second kappa shape index (κ2) is 15.2. The standard InChI is InChI=1S/C12H16O2.C11H12O2.C10H8O.C2H6O/c1-13-11-8-7-9-5-3-4-6-10(9)12(11)14-2;1-13-10-7-6-8-4-2-3-5-9(8)11(10)12;1-2-4-8-7(3-1)9-5-6-10(8)11-9;1-3-2/h3-6,11-12H,7-8H2,1-2H3;2-7,10-12H,1H3;1-6,9-10H;1-2H3/t11-,12-;10-,11-;;/m11../s1. The maximum absolute atomic E-state index is 9.84. The second-order valence-electron chi connectivity index (χ2n) is 10.2. The molecule has 0 aromatic heterocycles. The van der Waals surface area contributed by atoms with Gasteiger partial charge < -0.3 is 28.8 Å². The van der Waals surface area contributed by atoms with E-state index in [9.17, 15) is 5.11 Å². The van der Waals surface area contributed by atoms with Crippen molar-refractivity contribution >= 4 is 6.08 Å². The molecule has 3 aromatic rings. The molecule has 0 spiro atoms. The maximum atomic E-state index is 9.84. The molecule has 0 saturated carbocycles. The van der Waals surface area contributed by atoms with E-state index in [4.69, 9.17) is 18.9 Å². The third-order valence-corrected chi connectivity index (χ3v) is 7.68. The number of aliphatic hydroxyl groups excluding tert-OH is 1. The first-order valence-corrected chi connectivity index (χ1v) is 14.0. The monoisotopic (exact) mass is 558 g/mol. The van der Waals surface area contributed by atoms with Gasteiger partial charge in [-0.1, -0.05) is 97.1 Å². The molecule has 2 bridgehead atoms. The molecule has 0 fully saturated rings. The third-order valence-electron chi connectivity index (χ3n) is 7.68. The van der Waals surface area contributed by atoms with Gasteiger partial charge in [-0.3, -0.25) is 0 Å². The molecule has 0 saturated heterocycles. The number of benzene rings is 3. The fourth-order valence-corrected chi connectivity index (χ4v) is 5.66. The van der Waals surface area contributed by atoms with Gasteiger partial charge >= 0.3 is 0 Å². The minimum Gasteiger partial charge on any atom is -0.388 e. The Labute approximate surface area is 244 Å². The van der Waals surface area contributed by atoms with Crippen molar-refractivity contribution in [1.29, 1.82) is 0 Å². The molecular weight excluding hydrogens is 516 g/mol. The summed E-state index contributed by atoms with van der Waals surface area (Å²) in [5, 5.41) is 9.84. The number of rotatable bonds is 3. The molecule has 2 aliphatic carbocycles. The van der Waals surface area contributed by atoms with Crippen molar-refractivity contribution in [2.75, 3.05) is 35.5 Å². The average molecular weight is 559 g/mol. The molecule has 2 aliphatic heterocycles. The van der Waals surface area contributed by atoms with Crippen LogP contribution in [0.5, 0.6) is 0 Å². The summed E-state index contributed by atoms with van der Waals surface area (Å²) in [6, 6.07) is 24.7. The zero-order valence-electron chi connectivity index (χ0n) is 24.6.